The predicted octanol–water partition coefficient (Wildman–Crippen LogP) is 4.99. The Labute approximate surface area is 214 Å². The maximum atomic E-state index is 13.5. The molecule has 0 saturated carbocycles. The number of amides is 4. The summed E-state index contributed by atoms with van der Waals surface area (Å²) in [4.78, 5) is 39.7. The molecule has 2 aromatic rings. The summed E-state index contributed by atoms with van der Waals surface area (Å²) < 4.78 is 22.4. The molecule has 0 radical (unpaired) electrons. The molecule has 0 spiro atoms. The number of barbiturate groups is 1. The third-order valence-electron chi connectivity index (χ3n) is 5.34. The minimum atomic E-state index is -0.898. The lowest BCUT2D eigenvalue weighted by atomic mass is 10.1. The lowest BCUT2D eigenvalue weighted by Crippen LogP contribution is -2.54. The normalized spacial score (nSPS) is 15.6. The standard InChI is InChI=1S/C26H29ClN2O7/c1-6-15(4)36-23-19(27)12-16(13-22(23)33-5)11-18-24(30)28-26(32)29(25(18)31)20-14-17(34-7-2)9-10-21(20)35-8-3/h9-15H,6-8H2,1-5H3,(H,28,30,32)/b18-11+/t15-/m1/s1. The number of ether oxygens (including phenoxy) is 4. The Morgan fingerprint density at radius 1 is 1.03 bits per heavy atom. The summed E-state index contributed by atoms with van der Waals surface area (Å²) in [5, 5.41) is 2.46. The van der Waals surface area contributed by atoms with Crippen molar-refractivity contribution in [3.05, 3.63) is 46.5 Å². The van der Waals surface area contributed by atoms with Gasteiger partial charge in [0.15, 0.2) is 11.5 Å². The van der Waals surface area contributed by atoms with Crippen LogP contribution in [0.1, 0.15) is 39.7 Å². The third kappa shape index (κ3) is 5.73. The number of methoxy groups -OCH3 is 1. The van der Waals surface area contributed by atoms with Gasteiger partial charge < -0.3 is 18.9 Å². The van der Waals surface area contributed by atoms with Crippen LogP contribution in [0.25, 0.3) is 6.08 Å². The van der Waals surface area contributed by atoms with Crippen molar-refractivity contribution in [1.82, 2.24) is 5.32 Å². The second-order valence-corrected chi connectivity index (χ2v) is 8.23. The minimum absolute atomic E-state index is 0.0992. The van der Waals surface area contributed by atoms with Crippen molar-refractivity contribution in [3.63, 3.8) is 0 Å². The Balaban J connectivity index is 2.06. The van der Waals surface area contributed by atoms with Crippen LogP contribution in [0.15, 0.2) is 35.9 Å². The topological polar surface area (TPSA) is 103 Å². The van der Waals surface area contributed by atoms with E-state index >= 15 is 0 Å². The summed E-state index contributed by atoms with van der Waals surface area (Å²) in [7, 11) is 1.46. The van der Waals surface area contributed by atoms with E-state index in [2.05, 4.69) is 5.32 Å². The van der Waals surface area contributed by atoms with E-state index in [9.17, 15) is 14.4 Å². The van der Waals surface area contributed by atoms with Gasteiger partial charge in [0.25, 0.3) is 11.8 Å². The average Bonchev–Trinajstić information content (AvgIpc) is 2.84. The number of anilines is 1. The van der Waals surface area contributed by atoms with Gasteiger partial charge >= 0.3 is 6.03 Å². The zero-order chi connectivity index (χ0) is 26.4. The fourth-order valence-electron chi connectivity index (χ4n) is 3.47. The molecule has 1 N–H and O–H groups in total. The second-order valence-electron chi connectivity index (χ2n) is 7.82. The molecular weight excluding hydrogens is 488 g/mol. The van der Waals surface area contributed by atoms with Gasteiger partial charge in [0.2, 0.25) is 0 Å². The number of hydrogen-bond donors (Lipinski definition) is 1. The number of hydrogen-bond acceptors (Lipinski definition) is 7. The highest BCUT2D eigenvalue weighted by Crippen LogP contribution is 2.39. The van der Waals surface area contributed by atoms with Crippen molar-refractivity contribution in [1.29, 1.82) is 0 Å². The molecule has 3 rings (SSSR count). The van der Waals surface area contributed by atoms with Crippen molar-refractivity contribution in [2.45, 2.75) is 40.2 Å². The highest BCUT2D eigenvalue weighted by atomic mass is 35.5. The largest absolute Gasteiger partial charge is 0.494 e. The summed E-state index contributed by atoms with van der Waals surface area (Å²) in [6, 6.07) is 7.04. The first kappa shape index (κ1) is 26.9. The first-order chi connectivity index (χ1) is 17.2. The molecule has 1 atom stereocenters. The molecule has 2 aromatic carbocycles. The van der Waals surface area contributed by atoms with Crippen LogP contribution in [0.5, 0.6) is 23.0 Å². The van der Waals surface area contributed by atoms with Crippen LogP contribution >= 0.6 is 11.6 Å². The van der Waals surface area contributed by atoms with Gasteiger partial charge in [0.1, 0.15) is 17.1 Å². The molecule has 9 nitrogen and oxygen atoms in total. The summed E-state index contributed by atoms with van der Waals surface area (Å²) in [6.07, 6.45) is 2.00. The molecule has 0 aromatic heterocycles. The van der Waals surface area contributed by atoms with E-state index < -0.39 is 17.8 Å². The number of imide groups is 2. The Kier molecular flexibility index (Phi) is 8.82. The molecule has 36 heavy (non-hydrogen) atoms. The monoisotopic (exact) mass is 516 g/mol. The van der Waals surface area contributed by atoms with Crippen molar-refractivity contribution in [2.75, 3.05) is 25.2 Å². The number of rotatable bonds is 10. The molecule has 1 fully saturated rings. The Bertz CT molecular complexity index is 1200. The highest BCUT2D eigenvalue weighted by Gasteiger charge is 2.38. The van der Waals surface area contributed by atoms with E-state index in [0.717, 1.165) is 11.3 Å². The Hall–Kier alpha value is -3.72. The maximum Gasteiger partial charge on any atom is 0.336 e. The molecule has 0 bridgehead atoms. The van der Waals surface area contributed by atoms with Crippen molar-refractivity contribution in [3.8, 4) is 23.0 Å². The number of carbonyl (C=O) groups excluding carboxylic acids is 3. The lowest BCUT2D eigenvalue weighted by molar-refractivity contribution is -0.122. The van der Waals surface area contributed by atoms with E-state index in [-0.39, 0.29) is 28.1 Å². The number of urea groups is 1. The molecule has 4 amide bonds. The zero-order valence-corrected chi connectivity index (χ0v) is 21.6. The van der Waals surface area contributed by atoms with Gasteiger partial charge in [-0.25, -0.2) is 9.69 Å². The van der Waals surface area contributed by atoms with Gasteiger partial charge in [-0.2, -0.15) is 0 Å². The molecule has 1 saturated heterocycles. The molecule has 0 unspecified atom stereocenters. The Morgan fingerprint density at radius 3 is 2.39 bits per heavy atom. The average molecular weight is 517 g/mol. The number of nitrogens with one attached hydrogen (secondary N) is 1. The maximum absolute atomic E-state index is 13.5. The van der Waals surface area contributed by atoms with Gasteiger partial charge in [-0.15, -0.1) is 0 Å². The molecule has 1 aliphatic heterocycles. The number of benzene rings is 2. The lowest BCUT2D eigenvalue weighted by Gasteiger charge is -2.28. The summed E-state index contributed by atoms with van der Waals surface area (Å²) in [6.45, 7) is 8.16. The van der Waals surface area contributed by atoms with Gasteiger partial charge in [0, 0.05) is 6.07 Å². The van der Waals surface area contributed by atoms with E-state index in [4.69, 9.17) is 30.5 Å². The van der Waals surface area contributed by atoms with E-state index in [1.165, 1.54) is 19.3 Å². The van der Waals surface area contributed by atoms with E-state index in [0.29, 0.717) is 36.0 Å². The predicted molar refractivity (Wildman–Crippen MR) is 136 cm³/mol. The van der Waals surface area contributed by atoms with Gasteiger partial charge in [-0.05, 0) is 63.1 Å². The van der Waals surface area contributed by atoms with Crippen LogP contribution in [0.3, 0.4) is 0 Å². The third-order valence-corrected chi connectivity index (χ3v) is 5.62. The number of halogens is 1. The molecule has 0 aliphatic carbocycles. The van der Waals surface area contributed by atoms with E-state index in [1.54, 1.807) is 31.2 Å². The first-order valence-electron chi connectivity index (χ1n) is 11.6. The fourth-order valence-corrected chi connectivity index (χ4v) is 3.73. The van der Waals surface area contributed by atoms with Gasteiger partial charge in [-0.3, -0.25) is 14.9 Å². The first-order valence-corrected chi connectivity index (χ1v) is 12.0. The van der Waals surface area contributed by atoms with Gasteiger partial charge in [-0.1, -0.05) is 18.5 Å². The zero-order valence-electron chi connectivity index (χ0n) is 20.8. The smallest absolute Gasteiger partial charge is 0.336 e. The number of nitrogens with zero attached hydrogens (tertiary/aromatic N) is 1. The highest BCUT2D eigenvalue weighted by molar-refractivity contribution is 6.39. The van der Waals surface area contributed by atoms with Crippen molar-refractivity contribution in [2.24, 2.45) is 0 Å². The van der Waals surface area contributed by atoms with E-state index in [1.807, 2.05) is 20.8 Å². The summed E-state index contributed by atoms with van der Waals surface area (Å²) in [5.41, 5.74) is 0.290. The summed E-state index contributed by atoms with van der Waals surface area (Å²) >= 11 is 6.44. The van der Waals surface area contributed by atoms with Crippen LogP contribution < -0.4 is 29.2 Å². The number of carbonyl (C=O) groups is 3. The molecular formula is C26H29ClN2O7. The quantitative estimate of drug-likeness (QED) is 0.350. The Morgan fingerprint density at radius 2 is 1.75 bits per heavy atom. The molecule has 1 heterocycles. The van der Waals surface area contributed by atoms with Crippen molar-refractivity contribution >= 4 is 41.2 Å². The van der Waals surface area contributed by atoms with Crippen LogP contribution in [0, 0.1) is 0 Å². The van der Waals surface area contributed by atoms with Crippen LogP contribution in [0.2, 0.25) is 5.02 Å². The molecule has 1 aliphatic rings. The van der Waals surface area contributed by atoms with Crippen molar-refractivity contribution < 1.29 is 33.3 Å². The summed E-state index contributed by atoms with van der Waals surface area (Å²) in [5.74, 6) is -0.235. The van der Waals surface area contributed by atoms with Gasteiger partial charge in [0.05, 0.1) is 37.1 Å². The molecule has 192 valence electrons. The SMILES string of the molecule is CCOc1ccc(OCC)c(N2C(=O)NC(=O)/C(=C\c3cc(Cl)c(O[C@H](C)CC)c(OC)c3)C2=O)c1. The molecule has 10 heteroatoms. The van der Waals surface area contributed by atoms with Crippen LogP contribution in [-0.4, -0.2) is 44.3 Å². The second kappa shape index (κ2) is 11.8. The minimum Gasteiger partial charge on any atom is -0.494 e. The van der Waals surface area contributed by atoms with Crippen LogP contribution in [-0.2, 0) is 9.59 Å². The van der Waals surface area contributed by atoms with Crippen LogP contribution in [0.4, 0.5) is 10.5 Å². The fraction of sp³-hybridized carbons (Fsp3) is 0.346.